The molecule has 1 amide bonds. The molecule has 1 N–H and O–H groups in total. The standard InChI is InChI=1S/C9H15NO/c1-4-7-8(5-6(2)3)10-9(7)11/h5,7-8H,4H2,1-3H3,(H,10,11). The van der Waals surface area contributed by atoms with E-state index in [0.717, 1.165) is 6.42 Å². The van der Waals surface area contributed by atoms with Crippen LogP contribution >= 0.6 is 0 Å². The average molecular weight is 153 g/mol. The van der Waals surface area contributed by atoms with Gasteiger partial charge < -0.3 is 5.32 Å². The zero-order valence-electron chi connectivity index (χ0n) is 7.35. The van der Waals surface area contributed by atoms with Gasteiger partial charge in [0.25, 0.3) is 0 Å². The molecule has 1 heterocycles. The maximum Gasteiger partial charge on any atom is 0.225 e. The van der Waals surface area contributed by atoms with Crippen molar-refractivity contribution in [3.63, 3.8) is 0 Å². The fourth-order valence-electron chi connectivity index (χ4n) is 1.40. The van der Waals surface area contributed by atoms with Gasteiger partial charge in [-0.15, -0.1) is 0 Å². The van der Waals surface area contributed by atoms with Crippen LogP contribution in [0, 0.1) is 5.92 Å². The van der Waals surface area contributed by atoms with Crippen LogP contribution in [0.5, 0.6) is 0 Å². The van der Waals surface area contributed by atoms with Crippen molar-refractivity contribution in [3.05, 3.63) is 11.6 Å². The molecule has 2 heteroatoms. The van der Waals surface area contributed by atoms with E-state index in [4.69, 9.17) is 0 Å². The highest BCUT2D eigenvalue weighted by Crippen LogP contribution is 2.20. The van der Waals surface area contributed by atoms with E-state index in [2.05, 4.69) is 32.2 Å². The average Bonchev–Trinajstić information content (AvgIpc) is 1.86. The lowest BCUT2D eigenvalue weighted by Gasteiger charge is -2.34. The van der Waals surface area contributed by atoms with E-state index in [1.54, 1.807) is 0 Å². The molecule has 0 saturated carbocycles. The van der Waals surface area contributed by atoms with Crippen molar-refractivity contribution in [1.29, 1.82) is 0 Å². The lowest BCUT2D eigenvalue weighted by molar-refractivity contribution is -0.133. The second-order valence-corrected chi connectivity index (χ2v) is 3.29. The predicted molar refractivity (Wildman–Crippen MR) is 45.1 cm³/mol. The van der Waals surface area contributed by atoms with Gasteiger partial charge in [0.15, 0.2) is 0 Å². The van der Waals surface area contributed by atoms with E-state index in [0.29, 0.717) is 6.04 Å². The SMILES string of the molecule is CCC1C(=O)NC1C=C(C)C. The van der Waals surface area contributed by atoms with E-state index >= 15 is 0 Å². The molecule has 0 radical (unpaired) electrons. The van der Waals surface area contributed by atoms with E-state index in [1.165, 1.54) is 5.57 Å². The van der Waals surface area contributed by atoms with Gasteiger partial charge in [0.1, 0.15) is 0 Å². The maximum absolute atomic E-state index is 10.9. The Kier molecular flexibility index (Phi) is 2.32. The van der Waals surface area contributed by atoms with Crippen molar-refractivity contribution in [2.45, 2.75) is 33.2 Å². The molecule has 0 aromatic carbocycles. The van der Waals surface area contributed by atoms with Gasteiger partial charge in [-0.3, -0.25) is 4.79 Å². The van der Waals surface area contributed by atoms with E-state index < -0.39 is 0 Å². The summed E-state index contributed by atoms with van der Waals surface area (Å²) in [7, 11) is 0. The van der Waals surface area contributed by atoms with Crippen LogP contribution in [0.4, 0.5) is 0 Å². The van der Waals surface area contributed by atoms with Crippen LogP contribution in [0.15, 0.2) is 11.6 Å². The van der Waals surface area contributed by atoms with Crippen LogP contribution in [0.3, 0.4) is 0 Å². The molecule has 1 aliphatic heterocycles. The van der Waals surface area contributed by atoms with Crippen LogP contribution in [-0.4, -0.2) is 11.9 Å². The fourth-order valence-corrected chi connectivity index (χ4v) is 1.40. The topological polar surface area (TPSA) is 29.1 Å². The van der Waals surface area contributed by atoms with Crippen LogP contribution in [0.1, 0.15) is 27.2 Å². The van der Waals surface area contributed by atoms with Crippen molar-refractivity contribution < 1.29 is 4.79 Å². The lowest BCUT2D eigenvalue weighted by atomic mass is 9.87. The van der Waals surface area contributed by atoms with Gasteiger partial charge in [-0.05, 0) is 20.3 Å². The molecule has 1 saturated heterocycles. The minimum absolute atomic E-state index is 0.204. The molecule has 0 bridgehead atoms. The Labute approximate surface area is 67.7 Å². The number of carbonyl (C=O) groups is 1. The van der Waals surface area contributed by atoms with Crippen molar-refractivity contribution in [3.8, 4) is 0 Å². The summed E-state index contributed by atoms with van der Waals surface area (Å²) in [6, 6.07) is 0.303. The first-order valence-electron chi connectivity index (χ1n) is 4.10. The third-order valence-corrected chi connectivity index (χ3v) is 2.03. The molecular weight excluding hydrogens is 138 g/mol. The van der Waals surface area contributed by atoms with Crippen molar-refractivity contribution in [2.24, 2.45) is 5.92 Å². The first-order chi connectivity index (χ1) is 5.15. The molecule has 2 unspecified atom stereocenters. The Morgan fingerprint density at radius 2 is 2.27 bits per heavy atom. The number of allylic oxidation sites excluding steroid dienone is 1. The predicted octanol–water partition coefficient (Wildman–Crippen LogP) is 1.48. The molecule has 1 rings (SSSR count). The van der Waals surface area contributed by atoms with Crippen molar-refractivity contribution >= 4 is 5.91 Å². The molecule has 1 aliphatic rings. The van der Waals surface area contributed by atoms with Gasteiger partial charge in [0.2, 0.25) is 5.91 Å². The number of carbonyl (C=O) groups excluding carboxylic acids is 1. The molecular formula is C9H15NO. The van der Waals surface area contributed by atoms with Crippen LogP contribution in [-0.2, 0) is 4.79 Å². The number of hydrogen-bond donors (Lipinski definition) is 1. The molecule has 62 valence electrons. The third kappa shape index (κ3) is 1.62. The Balaban J connectivity index is 2.52. The molecule has 1 fully saturated rings. The zero-order valence-corrected chi connectivity index (χ0v) is 7.35. The molecule has 2 nitrogen and oxygen atoms in total. The highest BCUT2D eigenvalue weighted by Gasteiger charge is 2.35. The smallest absolute Gasteiger partial charge is 0.225 e. The monoisotopic (exact) mass is 153 g/mol. The molecule has 11 heavy (non-hydrogen) atoms. The normalized spacial score (nSPS) is 28.8. The van der Waals surface area contributed by atoms with E-state index in [9.17, 15) is 4.79 Å². The number of rotatable bonds is 2. The largest absolute Gasteiger partial charge is 0.349 e. The molecule has 2 atom stereocenters. The quantitative estimate of drug-likeness (QED) is 0.472. The Bertz CT molecular complexity index is 192. The highest BCUT2D eigenvalue weighted by atomic mass is 16.2. The number of amides is 1. The Hall–Kier alpha value is -0.790. The van der Waals surface area contributed by atoms with Crippen LogP contribution < -0.4 is 5.32 Å². The Morgan fingerprint density at radius 1 is 1.64 bits per heavy atom. The van der Waals surface area contributed by atoms with Crippen LogP contribution in [0.2, 0.25) is 0 Å². The summed E-state index contributed by atoms with van der Waals surface area (Å²) < 4.78 is 0. The number of nitrogens with one attached hydrogen (secondary N) is 1. The summed E-state index contributed by atoms with van der Waals surface area (Å²) >= 11 is 0. The highest BCUT2D eigenvalue weighted by molar-refractivity contribution is 5.86. The summed E-state index contributed by atoms with van der Waals surface area (Å²) in [5, 5.41) is 2.86. The maximum atomic E-state index is 10.9. The molecule has 0 aromatic rings. The lowest BCUT2D eigenvalue weighted by Crippen LogP contribution is -2.56. The number of hydrogen-bond acceptors (Lipinski definition) is 1. The summed E-state index contributed by atoms with van der Waals surface area (Å²) in [5.41, 5.74) is 1.27. The zero-order chi connectivity index (χ0) is 8.43. The second kappa shape index (κ2) is 3.07. The molecule has 0 aromatic heterocycles. The minimum atomic E-state index is 0.204. The second-order valence-electron chi connectivity index (χ2n) is 3.29. The number of β-lactam (4-membered cyclic amide) rings is 1. The first kappa shape index (κ1) is 8.31. The third-order valence-electron chi connectivity index (χ3n) is 2.03. The van der Waals surface area contributed by atoms with Crippen LogP contribution in [0.25, 0.3) is 0 Å². The van der Waals surface area contributed by atoms with Gasteiger partial charge in [0, 0.05) is 0 Å². The van der Waals surface area contributed by atoms with Gasteiger partial charge >= 0.3 is 0 Å². The van der Waals surface area contributed by atoms with Crippen molar-refractivity contribution in [1.82, 2.24) is 5.32 Å². The van der Waals surface area contributed by atoms with E-state index in [1.807, 2.05) is 0 Å². The summed E-state index contributed by atoms with van der Waals surface area (Å²) in [6.07, 6.45) is 3.07. The summed E-state index contributed by atoms with van der Waals surface area (Å²) in [5.74, 6) is 0.430. The van der Waals surface area contributed by atoms with Gasteiger partial charge in [-0.2, -0.15) is 0 Å². The minimum Gasteiger partial charge on any atom is -0.349 e. The summed E-state index contributed by atoms with van der Waals surface area (Å²) in [6.45, 7) is 6.16. The Morgan fingerprint density at radius 3 is 2.64 bits per heavy atom. The van der Waals surface area contributed by atoms with Gasteiger partial charge in [0.05, 0.1) is 12.0 Å². The summed E-state index contributed by atoms with van der Waals surface area (Å²) in [4.78, 5) is 10.9. The van der Waals surface area contributed by atoms with Gasteiger partial charge in [-0.25, -0.2) is 0 Å². The fraction of sp³-hybridized carbons (Fsp3) is 0.667. The molecule has 0 spiro atoms. The first-order valence-corrected chi connectivity index (χ1v) is 4.10. The van der Waals surface area contributed by atoms with Gasteiger partial charge in [-0.1, -0.05) is 18.6 Å². The van der Waals surface area contributed by atoms with E-state index in [-0.39, 0.29) is 11.8 Å². The molecule has 0 aliphatic carbocycles. The van der Waals surface area contributed by atoms with Crippen molar-refractivity contribution in [2.75, 3.05) is 0 Å².